The SMILES string of the molecule is Cc1cc(Br)cc([N+](=O)[O-])c1OCC(C)(C)CS(=O)(=O)Cl. The molecule has 0 N–H and O–H groups in total. The maximum Gasteiger partial charge on any atom is 0.312 e. The highest BCUT2D eigenvalue weighted by Gasteiger charge is 2.28. The van der Waals surface area contributed by atoms with Gasteiger partial charge in [0.1, 0.15) is 0 Å². The lowest BCUT2D eigenvalue weighted by molar-refractivity contribution is -0.386. The van der Waals surface area contributed by atoms with Crippen LogP contribution in [0.1, 0.15) is 19.4 Å². The Kier molecular flexibility index (Phi) is 5.63. The minimum atomic E-state index is -3.68. The fourth-order valence-corrected chi connectivity index (χ4v) is 4.27. The Balaban J connectivity index is 3.01. The Morgan fingerprint density at radius 3 is 2.48 bits per heavy atom. The van der Waals surface area contributed by atoms with Crippen molar-refractivity contribution in [2.45, 2.75) is 20.8 Å². The van der Waals surface area contributed by atoms with Gasteiger partial charge in [0, 0.05) is 26.6 Å². The lowest BCUT2D eigenvalue weighted by Gasteiger charge is -2.23. The normalized spacial score (nSPS) is 12.2. The van der Waals surface area contributed by atoms with Gasteiger partial charge in [0.2, 0.25) is 9.05 Å². The quantitative estimate of drug-likeness (QED) is 0.413. The third-order valence-corrected chi connectivity index (χ3v) is 4.50. The summed E-state index contributed by atoms with van der Waals surface area (Å²) in [5.41, 5.74) is -0.361. The summed E-state index contributed by atoms with van der Waals surface area (Å²) in [5.74, 6) is -0.159. The molecule has 0 aliphatic heterocycles. The molecular formula is C12H15BrClNO5S. The topological polar surface area (TPSA) is 86.5 Å². The molecule has 0 amide bonds. The zero-order valence-electron chi connectivity index (χ0n) is 11.7. The highest BCUT2D eigenvalue weighted by molar-refractivity contribution is 9.10. The van der Waals surface area contributed by atoms with E-state index < -0.39 is 19.4 Å². The van der Waals surface area contributed by atoms with E-state index >= 15 is 0 Å². The maximum absolute atomic E-state index is 11.1. The molecule has 21 heavy (non-hydrogen) atoms. The number of hydrogen-bond acceptors (Lipinski definition) is 5. The molecule has 0 fully saturated rings. The first-order valence-corrected chi connectivity index (χ1v) is 9.18. The largest absolute Gasteiger partial charge is 0.486 e. The van der Waals surface area contributed by atoms with E-state index in [1.165, 1.54) is 6.07 Å². The van der Waals surface area contributed by atoms with Gasteiger partial charge in [-0.05, 0) is 18.6 Å². The number of ether oxygens (including phenoxy) is 1. The zero-order chi connectivity index (χ0) is 16.4. The second kappa shape index (κ2) is 6.50. The Morgan fingerprint density at radius 2 is 2.00 bits per heavy atom. The summed E-state index contributed by atoms with van der Waals surface area (Å²) in [7, 11) is 1.56. The van der Waals surface area contributed by atoms with Crippen LogP contribution in [0.4, 0.5) is 5.69 Å². The molecule has 0 aromatic heterocycles. The van der Waals surface area contributed by atoms with E-state index in [2.05, 4.69) is 15.9 Å². The van der Waals surface area contributed by atoms with Crippen LogP contribution in [0.25, 0.3) is 0 Å². The standard InChI is InChI=1S/C12H15BrClNO5S/c1-8-4-9(13)5-10(15(16)17)11(8)20-6-12(2,3)7-21(14,18)19/h4-5H,6-7H2,1-3H3. The Labute approximate surface area is 136 Å². The van der Waals surface area contributed by atoms with Crippen LogP contribution in [0.15, 0.2) is 16.6 Å². The maximum atomic E-state index is 11.1. The number of halogens is 2. The molecule has 0 heterocycles. The second-order valence-corrected chi connectivity index (χ2v) is 9.16. The number of benzene rings is 1. The summed E-state index contributed by atoms with van der Waals surface area (Å²) in [6.45, 7) is 4.99. The van der Waals surface area contributed by atoms with Gasteiger partial charge in [0.15, 0.2) is 5.75 Å². The average molecular weight is 401 g/mol. The summed E-state index contributed by atoms with van der Waals surface area (Å²) in [4.78, 5) is 10.5. The van der Waals surface area contributed by atoms with Crippen LogP contribution in [0.3, 0.4) is 0 Å². The molecule has 1 rings (SSSR count). The number of rotatable bonds is 6. The second-order valence-electron chi connectivity index (χ2n) is 5.46. The Morgan fingerprint density at radius 1 is 1.43 bits per heavy atom. The molecule has 9 heteroatoms. The Hall–Kier alpha value is -0.860. The third kappa shape index (κ3) is 5.80. The van der Waals surface area contributed by atoms with Gasteiger partial charge < -0.3 is 4.74 Å². The zero-order valence-corrected chi connectivity index (χ0v) is 14.9. The molecule has 0 unspecified atom stereocenters. The molecule has 0 saturated carbocycles. The van der Waals surface area contributed by atoms with Crippen molar-refractivity contribution in [3.63, 3.8) is 0 Å². The first-order valence-electron chi connectivity index (χ1n) is 5.91. The van der Waals surface area contributed by atoms with Crippen LogP contribution in [0.2, 0.25) is 0 Å². The first-order chi connectivity index (χ1) is 9.41. The molecule has 0 bridgehead atoms. The molecule has 0 aliphatic rings. The van der Waals surface area contributed by atoms with Gasteiger partial charge in [0.25, 0.3) is 0 Å². The van der Waals surface area contributed by atoms with Crippen molar-refractivity contribution < 1.29 is 18.1 Å². The smallest absolute Gasteiger partial charge is 0.312 e. The predicted molar refractivity (Wildman–Crippen MR) is 84.4 cm³/mol. The number of nitro benzene ring substituents is 1. The molecule has 0 atom stereocenters. The van der Waals surface area contributed by atoms with Gasteiger partial charge in [-0.3, -0.25) is 10.1 Å². The molecule has 118 valence electrons. The molecule has 1 aromatic rings. The van der Waals surface area contributed by atoms with Crippen LogP contribution in [0, 0.1) is 22.5 Å². The molecule has 0 aliphatic carbocycles. The van der Waals surface area contributed by atoms with E-state index in [1.807, 2.05) is 0 Å². The van der Waals surface area contributed by atoms with E-state index in [0.717, 1.165) is 0 Å². The van der Waals surface area contributed by atoms with Gasteiger partial charge in [-0.25, -0.2) is 8.42 Å². The monoisotopic (exact) mass is 399 g/mol. The summed E-state index contributed by atoms with van der Waals surface area (Å²) >= 11 is 3.19. The van der Waals surface area contributed by atoms with Crippen molar-refractivity contribution in [1.82, 2.24) is 0 Å². The van der Waals surface area contributed by atoms with Crippen LogP contribution >= 0.6 is 26.6 Å². The van der Waals surface area contributed by atoms with Crippen LogP contribution in [-0.2, 0) is 9.05 Å². The van der Waals surface area contributed by atoms with Crippen molar-refractivity contribution in [3.05, 3.63) is 32.3 Å². The summed E-state index contributed by atoms with van der Waals surface area (Å²) in [6, 6.07) is 3.03. The lowest BCUT2D eigenvalue weighted by atomic mass is 9.98. The van der Waals surface area contributed by atoms with Crippen molar-refractivity contribution in [1.29, 1.82) is 0 Å². The summed E-state index contributed by atoms with van der Waals surface area (Å²) < 4.78 is 28.4. The first kappa shape index (κ1) is 18.2. The molecule has 0 spiro atoms. The van der Waals surface area contributed by atoms with Crippen LogP contribution in [0.5, 0.6) is 5.75 Å². The fourth-order valence-electron chi connectivity index (χ4n) is 1.81. The minimum Gasteiger partial charge on any atom is -0.486 e. The van der Waals surface area contributed by atoms with E-state index in [-0.39, 0.29) is 23.8 Å². The highest BCUT2D eigenvalue weighted by atomic mass is 79.9. The molecule has 0 radical (unpaired) electrons. The average Bonchev–Trinajstić information content (AvgIpc) is 2.23. The number of nitro groups is 1. The fraction of sp³-hybridized carbons (Fsp3) is 0.500. The van der Waals surface area contributed by atoms with E-state index in [1.54, 1.807) is 26.8 Å². The molecule has 1 aromatic carbocycles. The van der Waals surface area contributed by atoms with Crippen LogP contribution < -0.4 is 4.74 Å². The lowest BCUT2D eigenvalue weighted by Crippen LogP contribution is -2.28. The van der Waals surface area contributed by atoms with Crippen molar-refractivity contribution in [2.24, 2.45) is 5.41 Å². The van der Waals surface area contributed by atoms with Gasteiger partial charge in [-0.1, -0.05) is 29.8 Å². The van der Waals surface area contributed by atoms with Gasteiger partial charge in [-0.15, -0.1) is 0 Å². The van der Waals surface area contributed by atoms with Crippen LogP contribution in [-0.4, -0.2) is 25.7 Å². The predicted octanol–water partition coefficient (Wildman–Crippen LogP) is 3.64. The minimum absolute atomic E-state index is 0.0116. The van der Waals surface area contributed by atoms with E-state index in [9.17, 15) is 18.5 Å². The molecule has 0 saturated heterocycles. The number of nitrogens with zero attached hydrogens (tertiary/aromatic N) is 1. The van der Waals surface area contributed by atoms with E-state index in [0.29, 0.717) is 10.0 Å². The van der Waals surface area contributed by atoms with Crippen molar-refractivity contribution in [2.75, 3.05) is 12.4 Å². The Bertz CT molecular complexity index is 660. The van der Waals surface area contributed by atoms with Crippen molar-refractivity contribution >= 4 is 41.4 Å². The van der Waals surface area contributed by atoms with Gasteiger partial charge >= 0.3 is 5.69 Å². The third-order valence-electron chi connectivity index (χ3n) is 2.59. The van der Waals surface area contributed by atoms with E-state index in [4.69, 9.17) is 15.4 Å². The summed E-state index contributed by atoms with van der Waals surface area (Å²) in [5, 5.41) is 11.1. The summed E-state index contributed by atoms with van der Waals surface area (Å²) in [6.07, 6.45) is 0. The molecule has 6 nitrogen and oxygen atoms in total. The number of aryl methyl sites for hydroxylation is 1. The van der Waals surface area contributed by atoms with Crippen molar-refractivity contribution in [3.8, 4) is 5.75 Å². The van der Waals surface area contributed by atoms with Gasteiger partial charge in [0.05, 0.1) is 17.3 Å². The molecular weight excluding hydrogens is 386 g/mol. The highest BCUT2D eigenvalue weighted by Crippen LogP contribution is 2.35. The van der Waals surface area contributed by atoms with Gasteiger partial charge in [-0.2, -0.15) is 0 Å². The number of hydrogen-bond donors (Lipinski definition) is 0.